The molecule has 0 amide bonds. The highest BCUT2D eigenvalue weighted by molar-refractivity contribution is 7.88. The average Bonchev–Trinajstić information content (AvgIpc) is 2.66. The van der Waals surface area contributed by atoms with E-state index in [1.807, 2.05) is 17.0 Å². The maximum Gasteiger partial charge on any atom is 0.211 e. The molecule has 0 saturated carbocycles. The van der Waals surface area contributed by atoms with Crippen LogP contribution in [-0.4, -0.2) is 45.2 Å². The van der Waals surface area contributed by atoms with Crippen molar-refractivity contribution in [3.05, 3.63) is 63.5 Å². The monoisotopic (exact) mass is 425 g/mol. The quantitative estimate of drug-likeness (QED) is 0.680. The number of hydrogen-bond acceptors (Lipinski definition) is 6. The van der Waals surface area contributed by atoms with E-state index in [2.05, 4.69) is 5.32 Å². The molecule has 0 bridgehead atoms. The standard InChI is InChI=1S/C18H22ClN4O4S/c1-28(26,27)22-10-8-21(9-11-22)16-6-7-18(23(24)25)17(12-16)20-13-14-2-4-15(19)5-3-14/h2-7,12,20,23H,8-11,13H2,1H3/q-1. The lowest BCUT2D eigenvalue weighted by atomic mass is 10.2. The minimum atomic E-state index is -3.20. The van der Waals surface area contributed by atoms with E-state index in [9.17, 15) is 18.8 Å². The molecular formula is C18H22ClN4O4S-. The van der Waals surface area contributed by atoms with E-state index in [0.717, 1.165) is 11.3 Å². The van der Waals surface area contributed by atoms with Crippen LogP contribution in [0, 0.1) is 10.4 Å². The second-order valence-corrected chi connectivity index (χ2v) is 9.07. The van der Waals surface area contributed by atoms with E-state index < -0.39 is 15.2 Å². The van der Waals surface area contributed by atoms with Gasteiger partial charge in [-0.1, -0.05) is 23.7 Å². The summed E-state index contributed by atoms with van der Waals surface area (Å²) in [5.74, 6) is 0. The highest BCUT2D eigenvalue weighted by Crippen LogP contribution is 2.27. The first-order chi connectivity index (χ1) is 13.2. The molecular weight excluding hydrogens is 404 g/mol. The van der Waals surface area contributed by atoms with Crippen molar-refractivity contribution in [2.24, 2.45) is 0 Å². The Morgan fingerprint density at radius 3 is 2.29 bits per heavy atom. The molecule has 2 N–H and O–H groups in total. The molecule has 3 rings (SSSR count). The van der Waals surface area contributed by atoms with Gasteiger partial charge in [0.05, 0.1) is 11.9 Å². The van der Waals surface area contributed by atoms with Crippen molar-refractivity contribution in [1.82, 2.24) is 4.31 Å². The van der Waals surface area contributed by atoms with Gasteiger partial charge < -0.3 is 25.9 Å². The van der Waals surface area contributed by atoms with Gasteiger partial charge in [0.2, 0.25) is 10.0 Å². The van der Waals surface area contributed by atoms with Crippen molar-refractivity contribution in [2.75, 3.05) is 42.7 Å². The number of sulfonamides is 1. The van der Waals surface area contributed by atoms with E-state index in [1.165, 1.54) is 16.6 Å². The van der Waals surface area contributed by atoms with E-state index in [1.54, 1.807) is 24.3 Å². The summed E-state index contributed by atoms with van der Waals surface area (Å²) in [6.07, 6.45) is 1.20. The number of benzene rings is 2. The lowest BCUT2D eigenvalue weighted by molar-refractivity contribution is -0.714. The van der Waals surface area contributed by atoms with E-state index in [-0.39, 0.29) is 5.69 Å². The SMILES string of the molecule is CS(=O)(=O)N1CCN(c2ccc([NH+]([O-])[O-])c(NCc3ccc(Cl)cc3)c2)CC1. The number of piperazine rings is 1. The van der Waals surface area contributed by atoms with Crippen LogP contribution in [0.25, 0.3) is 0 Å². The Labute approximate surface area is 169 Å². The van der Waals surface area contributed by atoms with Gasteiger partial charge in [-0.15, -0.1) is 0 Å². The fraction of sp³-hybridized carbons (Fsp3) is 0.333. The zero-order valence-corrected chi connectivity index (χ0v) is 17.0. The smallest absolute Gasteiger partial charge is 0.211 e. The van der Waals surface area contributed by atoms with Crippen LogP contribution in [0.15, 0.2) is 42.5 Å². The molecule has 2 aromatic carbocycles. The van der Waals surface area contributed by atoms with Crippen molar-refractivity contribution in [3.63, 3.8) is 0 Å². The zero-order chi connectivity index (χ0) is 20.3. The van der Waals surface area contributed by atoms with Crippen LogP contribution >= 0.6 is 11.6 Å². The highest BCUT2D eigenvalue weighted by atomic mass is 35.5. The minimum Gasteiger partial charge on any atom is -0.628 e. The Morgan fingerprint density at radius 2 is 1.71 bits per heavy atom. The molecule has 0 spiro atoms. The van der Waals surface area contributed by atoms with Gasteiger partial charge in [0.1, 0.15) is 0 Å². The first-order valence-electron chi connectivity index (χ1n) is 8.78. The molecule has 8 nitrogen and oxygen atoms in total. The van der Waals surface area contributed by atoms with Crippen LogP contribution in [0.5, 0.6) is 0 Å². The van der Waals surface area contributed by atoms with Gasteiger partial charge in [-0.2, -0.15) is 4.31 Å². The molecule has 0 radical (unpaired) electrons. The molecule has 1 saturated heterocycles. The molecule has 0 aliphatic carbocycles. The predicted octanol–water partition coefficient (Wildman–Crippen LogP) is 1.55. The molecule has 1 heterocycles. The van der Waals surface area contributed by atoms with Gasteiger partial charge >= 0.3 is 0 Å². The number of quaternary nitrogens is 1. The molecule has 28 heavy (non-hydrogen) atoms. The van der Waals surface area contributed by atoms with Gasteiger partial charge in [-0.25, -0.2) is 8.42 Å². The summed E-state index contributed by atoms with van der Waals surface area (Å²) in [5, 5.41) is 25.4. The van der Waals surface area contributed by atoms with Crippen molar-refractivity contribution in [1.29, 1.82) is 0 Å². The summed E-state index contributed by atoms with van der Waals surface area (Å²) < 4.78 is 24.8. The normalized spacial score (nSPS) is 15.8. The average molecular weight is 426 g/mol. The van der Waals surface area contributed by atoms with Gasteiger partial charge in [0.15, 0.2) is 5.69 Å². The largest absolute Gasteiger partial charge is 0.628 e. The molecule has 2 aromatic rings. The van der Waals surface area contributed by atoms with Crippen molar-refractivity contribution < 1.29 is 13.6 Å². The van der Waals surface area contributed by atoms with Gasteiger partial charge in [-0.05, 0) is 29.8 Å². The molecule has 1 fully saturated rings. The second kappa shape index (κ2) is 8.64. The zero-order valence-electron chi connectivity index (χ0n) is 15.4. The molecule has 0 unspecified atom stereocenters. The maximum atomic E-state index is 11.7. The topological polar surface area (TPSA) is 103 Å². The molecule has 1 aliphatic heterocycles. The van der Waals surface area contributed by atoms with E-state index >= 15 is 0 Å². The Bertz CT molecular complexity index is 914. The van der Waals surface area contributed by atoms with Crippen LogP contribution in [0.2, 0.25) is 5.02 Å². The first kappa shape index (κ1) is 20.8. The summed E-state index contributed by atoms with van der Waals surface area (Å²) >= 11 is 5.89. The lowest BCUT2D eigenvalue weighted by Crippen LogP contribution is -2.96. The summed E-state index contributed by atoms with van der Waals surface area (Å²) in [5.41, 5.74) is 2.32. The van der Waals surface area contributed by atoms with Gasteiger partial charge in [0.25, 0.3) is 0 Å². The number of halogens is 1. The molecule has 152 valence electrons. The second-order valence-electron chi connectivity index (χ2n) is 6.65. The predicted molar refractivity (Wildman–Crippen MR) is 111 cm³/mol. The van der Waals surface area contributed by atoms with Gasteiger partial charge in [0, 0.05) is 49.5 Å². The van der Waals surface area contributed by atoms with E-state index in [0.29, 0.717) is 43.4 Å². The van der Waals surface area contributed by atoms with Crippen LogP contribution in [-0.2, 0) is 16.6 Å². The fourth-order valence-electron chi connectivity index (χ4n) is 3.13. The Hall–Kier alpha value is -1.88. The summed E-state index contributed by atoms with van der Waals surface area (Å²) in [6.45, 7) is 2.30. The van der Waals surface area contributed by atoms with Crippen LogP contribution in [0.3, 0.4) is 0 Å². The third-order valence-electron chi connectivity index (χ3n) is 4.69. The highest BCUT2D eigenvalue weighted by Gasteiger charge is 2.24. The molecule has 1 aliphatic rings. The van der Waals surface area contributed by atoms with Gasteiger partial charge in [-0.3, -0.25) is 0 Å². The number of rotatable bonds is 6. The maximum absolute atomic E-state index is 11.7. The van der Waals surface area contributed by atoms with Crippen molar-refractivity contribution in [2.45, 2.75) is 6.54 Å². The number of nitrogens with zero attached hydrogens (tertiary/aromatic N) is 2. The fourth-order valence-corrected chi connectivity index (χ4v) is 4.08. The van der Waals surface area contributed by atoms with Crippen LogP contribution in [0.1, 0.15) is 5.56 Å². The summed E-state index contributed by atoms with van der Waals surface area (Å²) in [4.78, 5) is 2.04. The third-order valence-corrected chi connectivity index (χ3v) is 6.25. The Kier molecular flexibility index (Phi) is 6.43. The van der Waals surface area contributed by atoms with Crippen molar-refractivity contribution in [3.8, 4) is 0 Å². The summed E-state index contributed by atoms with van der Waals surface area (Å²) in [6, 6.07) is 12.3. The molecule has 0 aromatic heterocycles. The minimum absolute atomic E-state index is 0.0764. The summed E-state index contributed by atoms with van der Waals surface area (Å²) in [7, 11) is -3.20. The van der Waals surface area contributed by atoms with E-state index in [4.69, 9.17) is 11.6 Å². The Balaban J connectivity index is 1.75. The molecule has 10 heteroatoms. The Morgan fingerprint density at radius 1 is 1.07 bits per heavy atom. The number of nitrogens with one attached hydrogen (secondary N) is 2. The molecule has 0 atom stereocenters. The third kappa shape index (κ3) is 5.13. The number of hydrogen-bond donors (Lipinski definition) is 2. The lowest BCUT2D eigenvalue weighted by Gasteiger charge is -2.35. The number of anilines is 2. The van der Waals surface area contributed by atoms with Crippen LogP contribution in [0.4, 0.5) is 17.1 Å². The van der Waals surface area contributed by atoms with Crippen molar-refractivity contribution >= 4 is 38.7 Å². The van der Waals surface area contributed by atoms with Crippen LogP contribution < -0.4 is 15.4 Å². The first-order valence-corrected chi connectivity index (χ1v) is 11.0.